The summed E-state index contributed by atoms with van der Waals surface area (Å²) < 4.78 is 10.7. The molecule has 0 spiro atoms. The third-order valence-electron chi connectivity index (χ3n) is 4.01. The molecule has 1 aromatic carbocycles. The van der Waals surface area contributed by atoms with Crippen molar-refractivity contribution in [3.63, 3.8) is 0 Å². The van der Waals surface area contributed by atoms with Gasteiger partial charge in [-0.25, -0.2) is 0 Å². The van der Waals surface area contributed by atoms with E-state index in [1.54, 1.807) is 21.3 Å². The summed E-state index contributed by atoms with van der Waals surface area (Å²) in [5.74, 6) is 3.09. The first-order valence-corrected chi connectivity index (χ1v) is 7.56. The number of nitrogens with zero attached hydrogens (tertiary/aromatic N) is 2. The van der Waals surface area contributed by atoms with Crippen molar-refractivity contribution in [2.24, 2.45) is 10.9 Å². The van der Waals surface area contributed by atoms with Crippen LogP contribution in [-0.2, 0) is 0 Å². The van der Waals surface area contributed by atoms with Gasteiger partial charge in [-0.2, -0.15) is 0 Å². The van der Waals surface area contributed by atoms with E-state index in [-0.39, 0.29) is 24.0 Å². The predicted octanol–water partition coefficient (Wildman–Crippen LogP) is 1.94. The van der Waals surface area contributed by atoms with Gasteiger partial charge in [0.05, 0.1) is 14.2 Å². The van der Waals surface area contributed by atoms with Crippen LogP contribution in [0.15, 0.2) is 23.2 Å². The number of hydrogen-bond donors (Lipinski definition) is 2. The highest BCUT2D eigenvalue weighted by atomic mass is 127. The quantitative estimate of drug-likeness (QED) is 0.422. The summed E-state index contributed by atoms with van der Waals surface area (Å²) in [6.45, 7) is 2.98. The molecule has 0 aliphatic carbocycles. The molecule has 7 heteroatoms. The van der Waals surface area contributed by atoms with Crippen molar-refractivity contribution >= 4 is 35.6 Å². The van der Waals surface area contributed by atoms with Crippen molar-refractivity contribution in [2.75, 3.05) is 52.8 Å². The van der Waals surface area contributed by atoms with E-state index in [0.29, 0.717) is 5.92 Å². The fraction of sp³-hybridized carbons (Fsp3) is 0.562. The summed E-state index contributed by atoms with van der Waals surface area (Å²) in [5.41, 5.74) is 1.15. The van der Waals surface area contributed by atoms with Gasteiger partial charge in [-0.15, -0.1) is 24.0 Å². The molecule has 6 nitrogen and oxygen atoms in total. The van der Waals surface area contributed by atoms with E-state index in [9.17, 15) is 0 Å². The third-order valence-corrected chi connectivity index (χ3v) is 4.01. The molecule has 1 aromatic rings. The van der Waals surface area contributed by atoms with Crippen LogP contribution in [0.4, 0.5) is 5.69 Å². The van der Waals surface area contributed by atoms with Crippen LogP contribution in [0, 0.1) is 5.92 Å². The number of aliphatic imine (C=N–C) groups is 1. The molecule has 1 saturated heterocycles. The average molecular weight is 434 g/mol. The Morgan fingerprint density at radius 2 is 1.91 bits per heavy atom. The van der Waals surface area contributed by atoms with E-state index < -0.39 is 0 Å². The van der Waals surface area contributed by atoms with Gasteiger partial charge in [-0.05, 0) is 12.3 Å². The second kappa shape index (κ2) is 9.69. The molecule has 1 unspecified atom stereocenters. The third kappa shape index (κ3) is 5.33. The normalized spacial score (nSPS) is 17.5. The van der Waals surface area contributed by atoms with Gasteiger partial charge in [-0.1, -0.05) is 0 Å². The van der Waals surface area contributed by atoms with Gasteiger partial charge in [0.1, 0.15) is 11.5 Å². The highest BCUT2D eigenvalue weighted by Gasteiger charge is 2.23. The summed E-state index contributed by atoms with van der Waals surface area (Å²) in [6, 6.07) is 6.02. The van der Waals surface area contributed by atoms with Gasteiger partial charge in [-0.3, -0.25) is 4.99 Å². The van der Waals surface area contributed by atoms with Crippen molar-refractivity contribution < 1.29 is 9.47 Å². The van der Waals surface area contributed by atoms with Crippen LogP contribution in [0.25, 0.3) is 0 Å². The standard InChI is InChI=1S/C16H26N4O2.HI/c1-17-16(18-2)19-10-12-5-6-20(11-12)13-7-14(21-3)9-15(8-13)22-4;/h7-9,12H,5-6,10-11H2,1-4H3,(H2,17,18,19);1H. The van der Waals surface area contributed by atoms with Crippen molar-refractivity contribution in [3.05, 3.63) is 18.2 Å². The maximum atomic E-state index is 5.35. The van der Waals surface area contributed by atoms with Crippen LogP contribution in [0.5, 0.6) is 11.5 Å². The van der Waals surface area contributed by atoms with Crippen LogP contribution in [0.1, 0.15) is 6.42 Å². The number of ether oxygens (including phenoxy) is 2. The number of methoxy groups -OCH3 is 2. The average Bonchev–Trinajstić information content (AvgIpc) is 3.04. The first kappa shape index (κ1) is 19.7. The lowest BCUT2D eigenvalue weighted by Gasteiger charge is -2.20. The Bertz CT molecular complexity index is 503. The molecule has 1 aliphatic heterocycles. The van der Waals surface area contributed by atoms with E-state index in [1.165, 1.54) is 0 Å². The number of halogens is 1. The highest BCUT2D eigenvalue weighted by Crippen LogP contribution is 2.31. The second-order valence-electron chi connectivity index (χ2n) is 5.37. The smallest absolute Gasteiger partial charge is 0.190 e. The van der Waals surface area contributed by atoms with Crippen LogP contribution < -0.4 is 25.0 Å². The lowest BCUT2D eigenvalue weighted by atomic mass is 10.1. The number of rotatable bonds is 5. The first-order chi connectivity index (χ1) is 10.7. The molecule has 2 rings (SSSR count). The highest BCUT2D eigenvalue weighted by molar-refractivity contribution is 14.0. The number of benzene rings is 1. The van der Waals surface area contributed by atoms with Crippen LogP contribution in [0.3, 0.4) is 0 Å². The molecule has 23 heavy (non-hydrogen) atoms. The van der Waals surface area contributed by atoms with Gasteiger partial charge >= 0.3 is 0 Å². The zero-order chi connectivity index (χ0) is 15.9. The van der Waals surface area contributed by atoms with E-state index in [1.807, 2.05) is 13.1 Å². The van der Waals surface area contributed by atoms with Gasteiger partial charge in [0, 0.05) is 57.6 Å². The van der Waals surface area contributed by atoms with Crippen molar-refractivity contribution in [1.82, 2.24) is 10.6 Å². The maximum Gasteiger partial charge on any atom is 0.190 e. The lowest BCUT2D eigenvalue weighted by molar-refractivity contribution is 0.394. The molecular formula is C16H27IN4O2. The van der Waals surface area contributed by atoms with Crippen LogP contribution in [-0.4, -0.2) is 53.9 Å². The fourth-order valence-electron chi connectivity index (χ4n) is 2.73. The molecule has 2 N–H and O–H groups in total. The first-order valence-electron chi connectivity index (χ1n) is 7.56. The molecule has 0 amide bonds. The predicted molar refractivity (Wildman–Crippen MR) is 106 cm³/mol. The Morgan fingerprint density at radius 3 is 2.43 bits per heavy atom. The molecule has 1 fully saturated rings. The Morgan fingerprint density at radius 1 is 1.26 bits per heavy atom. The Balaban J connectivity index is 0.00000264. The zero-order valence-corrected chi connectivity index (χ0v) is 16.6. The summed E-state index contributed by atoms with van der Waals surface area (Å²) in [7, 11) is 7.01. The monoisotopic (exact) mass is 434 g/mol. The Hall–Kier alpha value is -1.38. The largest absolute Gasteiger partial charge is 0.497 e. The Labute approximate surface area is 155 Å². The summed E-state index contributed by atoms with van der Waals surface area (Å²) in [5, 5.41) is 6.38. The molecule has 0 bridgehead atoms. The van der Waals surface area contributed by atoms with E-state index in [4.69, 9.17) is 9.47 Å². The molecule has 1 atom stereocenters. The molecule has 1 aliphatic rings. The number of hydrogen-bond acceptors (Lipinski definition) is 4. The zero-order valence-electron chi connectivity index (χ0n) is 14.3. The summed E-state index contributed by atoms with van der Waals surface area (Å²) in [6.07, 6.45) is 1.16. The minimum atomic E-state index is 0. The number of anilines is 1. The van der Waals surface area contributed by atoms with E-state index in [2.05, 4.69) is 32.7 Å². The SMILES string of the molecule is CN=C(NC)NCC1CCN(c2cc(OC)cc(OC)c2)C1.I. The van der Waals surface area contributed by atoms with Gasteiger partial charge in [0.2, 0.25) is 0 Å². The fourth-order valence-corrected chi connectivity index (χ4v) is 2.73. The maximum absolute atomic E-state index is 5.35. The number of nitrogens with one attached hydrogen (secondary N) is 2. The lowest BCUT2D eigenvalue weighted by Crippen LogP contribution is -2.38. The van der Waals surface area contributed by atoms with Crippen LogP contribution >= 0.6 is 24.0 Å². The molecular weight excluding hydrogens is 407 g/mol. The molecule has 0 saturated carbocycles. The molecule has 0 radical (unpaired) electrons. The molecule has 1 heterocycles. The molecule has 130 valence electrons. The van der Waals surface area contributed by atoms with Crippen molar-refractivity contribution in [1.29, 1.82) is 0 Å². The Kier molecular flexibility index (Phi) is 8.29. The van der Waals surface area contributed by atoms with Crippen molar-refractivity contribution in [3.8, 4) is 11.5 Å². The summed E-state index contributed by atoms with van der Waals surface area (Å²) in [4.78, 5) is 6.51. The van der Waals surface area contributed by atoms with E-state index in [0.717, 1.165) is 49.2 Å². The van der Waals surface area contributed by atoms with Crippen molar-refractivity contribution in [2.45, 2.75) is 6.42 Å². The van der Waals surface area contributed by atoms with Gasteiger partial charge in [0.15, 0.2) is 5.96 Å². The topological polar surface area (TPSA) is 58.1 Å². The second-order valence-corrected chi connectivity index (χ2v) is 5.37. The number of guanidine groups is 1. The van der Waals surface area contributed by atoms with Gasteiger partial charge in [0.25, 0.3) is 0 Å². The van der Waals surface area contributed by atoms with Gasteiger partial charge < -0.3 is 25.0 Å². The minimum absolute atomic E-state index is 0. The summed E-state index contributed by atoms with van der Waals surface area (Å²) >= 11 is 0. The molecule has 0 aromatic heterocycles. The van der Waals surface area contributed by atoms with E-state index >= 15 is 0 Å². The van der Waals surface area contributed by atoms with Crippen LogP contribution in [0.2, 0.25) is 0 Å². The minimum Gasteiger partial charge on any atom is -0.497 e.